The van der Waals surface area contributed by atoms with E-state index in [1.807, 2.05) is 6.92 Å². The summed E-state index contributed by atoms with van der Waals surface area (Å²) < 4.78 is 10.2. The van der Waals surface area contributed by atoms with Crippen LogP contribution < -0.4 is 15.4 Å². The van der Waals surface area contributed by atoms with Gasteiger partial charge in [-0.25, -0.2) is 0 Å². The molecule has 0 atom stereocenters. The van der Waals surface area contributed by atoms with Crippen LogP contribution in [0.2, 0.25) is 5.02 Å². The van der Waals surface area contributed by atoms with E-state index in [9.17, 15) is 4.79 Å². The highest BCUT2D eigenvalue weighted by Gasteiger charge is 2.05. The Balaban J connectivity index is 0.00000361. The third-order valence-electron chi connectivity index (χ3n) is 2.28. The fourth-order valence-electron chi connectivity index (χ4n) is 1.43. The summed E-state index contributed by atoms with van der Waals surface area (Å²) in [6.45, 7) is 3.87. The average molecular weight is 323 g/mol. The number of ether oxygens (including phenoxy) is 2. The molecule has 1 amide bonds. The van der Waals surface area contributed by atoms with E-state index < -0.39 is 0 Å². The second kappa shape index (κ2) is 10.7. The van der Waals surface area contributed by atoms with Crippen LogP contribution in [0.3, 0.4) is 0 Å². The molecule has 0 unspecified atom stereocenters. The highest BCUT2D eigenvalue weighted by atomic mass is 35.5. The Kier molecular flexibility index (Phi) is 10.2. The van der Waals surface area contributed by atoms with Crippen molar-refractivity contribution in [2.24, 2.45) is 0 Å². The van der Waals surface area contributed by atoms with Crippen molar-refractivity contribution in [1.29, 1.82) is 0 Å². The highest BCUT2D eigenvalue weighted by molar-refractivity contribution is 6.32. The number of halogens is 2. The van der Waals surface area contributed by atoms with Crippen molar-refractivity contribution in [3.8, 4) is 5.75 Å². The van der Waals surface area contributed by atoms with Gasteiger partial charge < -0.3 is 20.1 Å². The van der Waals surface area contributed by atoms with Crippen LogP contribution >= 0.6 is 24.0 Å². The summed E-state index contributed by atoms with van der Waals surface area (Å²) in [6.07, 6.45) is 0. The molecule has 1 aromatic rings. The van der Waals surface area contributed by atoms with E-state index >= 15 is 0 Å². The first-order valence-electron chi connectivity index (χ1n) is 6.09. The zero-order chi connectivity index (χ0) is 14.1. The number of amides is 1. The van der Waals surface area contributed by atoms with E-state index in [4.69, 9.17) is 21.1 Å². The average Bonchev–Trinajstić information content (AvgIpc) is 2.38. The number of benzene rings is 1. The minimum Gasteiger partial charge on any atom is -0.492 e. The molecule has 20 heavy (non-hydrogen) atoms. The summed E-state index contributed by atoms with van der Waals surface area (Å²) in [5.41, 5.74) is 0.645. The molecule has 0 radical (unpaired) electrons. The second-order valence-electron chi connectivity index (χ2n) is 3.80. The van der Waals surface area contributed by atoms with Crippen LogP contribution in [0.4, 0.5) is 5.69 Å². The van der Waals surface area contributed by atoms with Gasteiger partial charge in [0.1, 0.15) is 5.75 Å². The minimum atomic E-state index is -0.128. The molecule has 0 heterocycles. The Bertz CT molecular complexity index is 417. The van der Waals surface area contributed by atoms with Gasteiger partial charge in [0, 0.05) is 19.3 Å². The van der Waals surface area contributed by atoms with Gasteiger partial charge in [-0.15, -0.1) is 12.4 Å². The van der Waals surface area contributed by atoms with Crippen molar-refractivity contribution in [1.82, 2.24) is 5.32 Å². The fraction of sp³-hybridized carbons (Fsp3) is 0.462. The maximum Gasteiger partial charge on any atom is 0.238 e. The predicted octanol–water partition coefficient (Wildman–Crippen LogP) is 2.34. The second-order valence-corrected chi connectivity index (χ2v) is 4.20. The molecule has 1 aromatic carbocycles. The van der Waals surface area contributed by atoms with E-state index in [0.29, 0.717) is 36.2 Å². The predicted molar refractivity (Wildman–Crippen MR) is 83.2 cm³/mol. The highest BCUT2D eigenvalue weighted by Crippen LogP contribution is 2.27. The van der Waals surface area contributed by atoms with Gasteiger partial charge in [0.15, 0.2) is 0 Å². The number of methoxy groups -OCH3 is 1. The summed E-state index contributed by atoms with van der Waals surface area (Å²) in [5, 5.41) is 6.18. The Labute approximate surface area is 130 Å². The van der Waals surface area contributed by atoms with Crippen molar-refractivity contribution in [2.75, 3.05) is 38.7 Å². The van der Waals surface area contributed by atoms with E-state index in [1.165, 1.54) is 0 Å². The van der Waals surface area contributed by atoms with E-state index in [2.05, 4.69) is 10.6 Å². The molecule has 114 valence electrons. The molecular formula is C13H20Cl2N2O3. The maximum atomic E-state index is 11.6. The van der Waals surface area contributed by atoms with Crippen molar-refractivity contribution >= 4 is 35.6 Å². The van der Waals surface area contributed by atoms with Crippen molar-refractivity contribution in [3.63, 3.8) is 0 Å². The largest absolute Gasteiger partial charge is 0.492 e. The maximum absolute atomic E-state index is 11.6. The number of carbonyl (C=O) groups excluding carboxylic acids is 1. The molecular weight excluding hydrogens is 303 g/mol. The Morgan fingerprint density at radius 1 is 1.40 bits per heavy atom. The van der Waals surface area contributed by atoms with Gasteiger partial charge in [-0.1, -0.05) is 11.6 Å². The number of anilines is 1. The van der Waals surface area contributed by atoms with Gasteiger partial charge in [-0.3, -0.25) is 4.79 Å². The molecule has 7 heteroatoms. The quantitative estimate of drug-likeness (QED) is 0.721. The summed E-state index contributed by atoms with van der Waals surface area (Å²) in [7, 11) is 1.61. The summed E-state index contributed by atoms with van der Waals surface area (Å²) in [6, 6.07) is 5.16. The molecule has 0 spiro atoms. The minimum absolute atomic E-state index is 0. The van der Waals surface area contributed by atoms with Crippen LogP contribution in [-0.4, -0.2) is 39.3 Å². The zero-order valence-corrected chi connectivity index (χ0v) is 13.1. The molecule has 0 aliphatic carbocycles. The lowest BCUT2D eigenvalue weighted by Gasteiger charge is -2.09. The number of carbonyl (C=O) groups is 1. The van der Waals surface area contributed by atoms with Gasteiger partial charge in [0.25, 0.3) is 0 Å². The van der Waals surface area contributed by atoms with Crippen molar-refractivity contribution in [3.05, 3.63) is 23.2 Å². The molecule has 0 bridgehead atoms. The first-order valence-corrected chi connectivity index (χ1v) is 6.47. The van der Waals surface area contributed by atoms with Gasteiger partial charge in [-0.2, -0.15) is 0 Å². The number of rotatable bonds is 8. The molecule has 0 aromatic heterocycles. The topological polar surface area (TPSA) is 59.6 Å². The molecule has 2 N–H and O–H groups in total. The van der Waals surface area contributed by atoms with Gasteiger partial charge in [0.2, 0.25) is 5.91 Å². The van der Waals surface area contributed by atoms with Crippen LogP contribution in [-0.2, 0) is 9.53 Å². The van der Waals surface area contributed by atoms with Crippen molar-refractivity contribution < 1.29 is 14.3 Å². The van der Waals surface area contributed by atoms with Crippen molar-refractivity contribution in [2.45, 2.75) is 6.92 Å². The van der Waals surface area contributed by atoms with Crippen LogP contribution in [0.1, 0.15) is 6.92 Å². The van der Waals surface area contributed by atoms with Crippen LogP contribution in [0.25, 0.3) is 0 Å². The Hall–Kier alpha value is -1.01. The lowest BCUT2D eigenvalue weighted by Crippen LogP contribution is -2.30. The third-order valence-corrected chi connectivity index (χ3v) is 2.58. The molecule has 0 fully saturated rings. The Morgan fingerprint density at radius 3 is 2.75 bits per heavy atom. The zero-order valence-electron chi connectivity index (χ0n) is 11.6. The lowest BCUT2D eigenvalue weighted by molar-refractivity contribution is -0.115. The van der Waals surface area contributed by atoms with E-state index in [0.717, 1.165) is 0 Å². The summed E-state index contributed by atoms with van der Waals surface area (Å²) >= 11 is 6.03. The van der Waals surface area contributed by atoms with Gasteiger partial charge in [0.05, 0.1) is 24.8 Å². The SMILES string of the molecule is CCOc1ccc(NC(=O)CNCCOC)cc1Cl.Cl. The molecule has 0 saturated heterocycles. The molecule has 5 nitrogen and oxygen atoms in total. The van der Waals surface area contributed by atoms with E-state index in [-0.39, 0.29) is 24.9 Å². The van der Waals surface area contributed by atoms with Gasteiger partial charge >= 0.3 is 0 Å². The number of hydrogen-bond acceptors (Lipinski definition) is 4. The summed E-state index contributed by atoms with van der Waals surface area (Å²) in [5.74, 6) is 0.483. The fourth-order valence-corrected chi connectivity index (χ4v) is 1.67. The molecule has 0 aliphatic rings. The van der Waals surface area contributed by atoms with Crippen LogP contribution in [0.5, 0.6) is 5.75 Å². The first kappa shape index (κ1) is 19.0. The smallest absolute Gasteiger partial charge is 0.238 e. The van der Waals surface area contributed by atoms with Crippen LogP contribution in [0.15, 0.2) is 18.2 Å². The third kappa shape index (κ3) is 6.96. The van der Waals surface area contributed by atoms with Gasteiger partial charge in [-0.05, 0) is 25.1 Å². The monoisotopic (exact) mass is 322 g/mol. The molecule has 0 aliphatic heterocycles. The number of nitrogens with one attached hydrogen (secondary N) is 2. The summed E-state index contributed by atoms with van der Waals surface area (Å²) in [4.78, 5) is 11.6. The normalized spacial score (nSPS) is 9.75. The lowest BCUT2D eigenvalue weighted by atomic mass is 10.3. The standard InChI is InChI=1S/C13H19ClN2O3.ClH/c1-3-19-12-5-4-10(8-11(12)14)16-13(17)9-15-6-7-18-2;/h4-5,8,15H,3,6-7,9H2,1-2H3,(H,16,17);1H. The number of hydrogen-bond donors (Lipinski definition) is 2. The molecule has 1 rings (SSSR count). The van der Waals surface area contributed by atoms with Crippen LogP contribution in [0, 0.1) is 0 Å². The Morgan fingerprint density at radius 2 is 2.15 bits per heavy atom. The molecule has 0 saturated carbocycles. The first-order chi connectivity index (χ1) is 9.17. The van der Waals surface area contributed by atoms with E-state index in [1.54, 1.807) is 25.3 Å².